The zero-order valence-electron chi connectivity index (χ0n) is 11.1. The van der Waals surface area contributed by atoms with Crippen molar-refractivity contribution in [2.75, 3.05) is 0 Å². The molecule has 0 aliphatic rings. The van der Waals surface area contributed by atoms with E-state index in [-0.39, 0.29) is 11.3 Å². The van der Waals surface area contributed by atoms with Crippen LogP contribution >= 0.6 is 0 Å². The Hall–Kier alpha value is -2.21. The highest BCUT2D eigenvalue weighted by molar-refractivity contribution is 5.94. The summed E-state index contributed by atoms with van der Waals surface area (Å²) >= 11 is 0. The van der Waals surface area contributed by atoms with Gasteiger partial charge in [-0.1, -0.05) is 12.2 Å². The molecule has 0 aromatic heterocycles. The Kier molecular flexibility index (Phi) is 4.06. The molecule has 0 bridgehead atoms. The zero-order chi connectivity index (χ0) is 14.8. The minimum Gasteiger partial charge on any atom is -0.285 e. The summed E-state index contributed by atoms with van der Waals surface area (Å²) in [7, 11) is 0. The molecule has 0 saturated carbocycles. The van der Waals surface area contributed by atoms with E-state index in [2.05, 4.69) is 6.58 Å². The normalized spacial score (nSPS) is 10.9. The van der Waals surface area contributed by atoms with Crippen molar-refractivity contribution in [3.8, 4) is 0 Å². The number of hydrogen-bond donors (Lipinski definition) is 1. The molecule has 102 valence electrons. The van der Waals surface area contributed by atoms with E-state index in [9.17, 15) is 20.1 Å². The molecular weight excluding hydrogens is 248 g/mol. The Balaban J connectivity index is 3.01. The van der Waals surface area contributed by atoms with Gasteiger partial charge in [0, 0.05) is 17.7 Å². The van der Waals surface area contributed by atoms with Crippen LogP contribution in [0.1, 0.15) is 31.1 Å². The molecular formula is C13H16N2O4. The van der Waals surface area contributed by atoms with Crippen LogP contribution in [0.4, 0.5) is 5.69 Å². The molecule has 0 radical (unpaired) electrons. The number of non-ortho nitro benzene ring substituents is 1. The van der Waals surface area contributed by atoms with Crippen molar-refractivity contribution in [1.82, 2.24) is 5.06 Å². The number of amides is 1. The minimum atomic E-state index is -0.918. The van der Waals surface area contributed by atoms with E-state index in [4.69, 9.17) is 0 Å². The summed E-state index contributed by atoms with van der Waals surface area (Å²) in [6.07, 6.45) is 0. The quantitative estimate of drug-likeness (QED) is 0.392. The highest BCUT2D eigenvalue weighted by Crippen LogP contribution is 2.23. The van der Waals surface area contributed by atoms with Crippen LogP contribution in [0.5, 0.6) is 0 Å². The summed E-state index contributed by atoms with van der Waals surface area (Å²) in [5, 5.41) is 21.0. The topological polar surface area (TPSA) is 83.7 Å². The average molecular weight is 264 g/mol. The summed E-state index contributed by atoms with van der Waals surface area (Å²) in [5.74, 6) is -0.636. The number of nitro groups is 1. The van der Waals surface area contributed by atoms with Gasteiger partial charge in [0.2, 0.25) is 0 Å². The number of rotatable bonds is 4. The molecule has 0 heterocycles. The Morgan fingerprint density at radius 2 is 1.84 bits per heavy atom. The van der Waals surface area contributed by atoms with E-state index >= 15 is 0 Å². The predicted octanol–water partition coefficient (Wildman–Crippen LogP) is 2.78. The highest BCUT2D eigenvalue weighted by Gasteiger charge is 2.31. The van der Waals surface area contributed by atoms with E-state index in [1.54, 1.807) is 20.8 Å². The van der Waals surface area contributed by atoms with E-state index in [1.165, 1.54) is 24.3 Å². The molecule has 6 nitrogen and oxygen atoms in total. The lowest BCUT2D eigenvalue weighted by atomic mass is 9.95. The zero-order valence-corrected chi connectivity index (χ0v) is 11.1. The van der Waals surface area contributed by atoms with Gasteiger partial charge in [0.15, 0.2) is 0 Å². The lowest BCUT2D eigenvalue weighted by Crippen LogP contribution is -2.46. The summed E-state index contributed by atoms with van der Waals surface area (Å²) in [6.45, 7) is 8.72. The van der Waals surface area contributed by atoms with Crippen molar-refractivity contribution < 1.29 is 14.9 Å². The lowest BCUT2D eigenvalue weighted by Gasteiger charge is -2.33. The summed E-state index contributed by atoms with van der Waals surface area (Å²) in [5.41, 5.74) is -0.244. The third-order valence-electron chi connectivity index (χ3n) is 3.09. The number of nitrogens with zero attached hydrogens (tertiary/aromatic N) is 2. The second-order valence-corrected chi connectivity index (χ2v) is 4.76. The van der Waals surface area contributed by atoms with Crippen LogP contribution in [-0.4, -0.2) is 26.6 Å². The molecule has 6 heteroatoms. The van der Waals surface area contributed by atoms with Crippen molar-refractivity contribution in [2.45, 2.75) is 26.3 Å². The van der Waals surface area contributed by atoms with Crippen molar-refractivity contribution in [3.05, 3.63) is 52.1 Å². The average Bonchev–Trinajstić information content (AvgIpc) is 2.36. The van der Waals surface area contributed by atoms with Crippen molar-refractivity contribution >= 4 is 11.6 Å². The highest BCUT2D eigenvalue weighted by atomic mass is 16.6. The molecule has 1 N–H and O–H groups in total. The molecule has 0 fully saturated rings. The van der Waals surface area contributed by atoms with Gasteiger partial charge in [-0.2, -0.15) is 0 Å². The lowest BCUT2D eigenvalue weighted by molar-refractivity contribution is -0.384. The van der Waals surface area contributed by atoms with Gasteiger partial charge >= 0.3 is 0 Å². The Morgan fingerprint density at radius 1 is 1.37 bits per heavy atom. The smallest absolute Gasteiger partial charge is 0.278 e. The molecule has 1 rings (SSSR count). The summed E-state index contributed by atoms with van der Waals surface area (Å²) < 4.78 is 0. The van der Waals surface area contributed by atoms with E-state index in [0.29, 0.717) is 10.6 Å². The molecule has 19 heavy (non-hydrogen) atoms. The van der Waals surface area contributed by atoms with Gasteiger partial charge < -0.3 is 0 Å². The Bertz CT molecular complexity index is 520. The maximum absolute atomic E-state index is 12.0. The third-order valence-corrected chi connectivity index (χ3v) is 3.09. The van der Waals surface area contributed by atoms with Crippen LogP contribution in [0.25, 0.3) is 0 Å². The van der Waals surface area contributed by atoms with Gasteiger partial charge in [0.25, 0.3) is 11.6 Å². The first-order valence-electron chi connectivity index (χ1n) is 5.62. The van der Waals surface area contributed by atoms with Crippen LogP contribution in [-0.2, 0) is 0 Å². The number of hydrogen-bond acceptors (Lipinski definition) is 4. The second-order valence-electron chi connectivity index (χ2n) is 4.76. The molecule has 0 spiro atoms. The largest absolute Gasteiger partial charge is 0.285 e. The van der Waals surface area contributed by atoms with E-state index in [1.807, 2.05) is 0 Å². The molecule has 1 aromatic rings. The number of carbonyl (C=O) groups excluding carboxylic acids is 1. The fourth-order valence-corrected chi connectivity index (χ4v) is 1.28. The number of nitro benzene ring substituents is 1. The van der Waals surface area contributed by atoms with Crippen molar-refractivity contribution in [3.63, 3.8) is 0 Å². The predicted molar refractivity (Wildman–Crippen MR) is 69.9 cm³/mol. The van der Waals surface area contributed by atoms with Gasteiger partial charge in [-0.3, -0.25) is 20.1 Å². The number of carbonyl (C=O) groups is 1. The molecule has 1 aromatic carbocycles. The maximum atomic E-state index is 12.0. The monoisotopic (exact) mass is 264 g/mol. The number of benzene rings is 1. The van der Waals surface area contributed by atoms with Crippen LogP contribution in [0, 0.1) is 10.1 Å². The van der Waals surface area contributed by atoms with Crippen LogP contribution in [0.15, 0.2) is 36.4 Å². The Labute approximate surface area is 111 Å². The molecule has 0 atom stereocenters. The Morgan fingerprint density at radius 3 is 2.21 bits per heavy atom. The van der Waals surface area contributed by atoms with Crippen LogP contribution < -0.4 is 0 Å². The first kappa shape index (κ1) is 14.8. The van der Waals surface area contributed by atoms with Crippen LogP contribution in [0.3, 0.4) is 0 Å². The minimum absolute atomic E-state index is 0.111. The van der Waals surface area contributed by atoms with Gasteiger partial charge in [-0.05, 0) is 32.9 Å². The molecule has 0 saturated heterocycles. The van der Waals surface area contributed by atoms with Crippen LogP contribution in [0.2, 0.25) is 0 Å². The van der Waals surface area contributed by atoms with E-state index < -0.39 is 16.4 Å². The fourth-order valence-electron chi connectivity index (χ4n) is 1.28. The second kappa shape index (κ2) is 5.19. The first-order chi connectivity index (χ1) is 8.67. The summed E-state index contributed by atoms with van der Waals surface area (Å²) in [4.78, 5) is 22.0. The standard InChI is InChI=1S/C13H16N2O4/c1-9(2)13(3,4)14(17)12(16)10-5-7-11(8-6-10)15(18)19/h5-8,17H,1H2,2-4H3. The molecule has 0 unspecified atom stereocenters. The summed E-state index contributed by atoms with van der Waals surface area (Å²) in [6, 6.07) is 5.04. The van der Waals surface area contributed by atoms with Crippen molar-refractivity contribution in [1.29, 1.82) is 0 Å². The van der Waals surface area contributed by atoms with Gasteiger partial charge in [0.05, 0.1) is 10.5 Å². The van der Waals surface area contributed by atoms with Gasteiger partial charge in [-0.25, -0.2) is 5.06 Å². The third kappa shape index (κ3) is 2.97. The SMILES string of the molecule is C=C(C)C(C)(C)N(O)C(=O)c1ccc([N+](=O)[O-])cc1. The van der Waals surface area contributed by atoms with Gasteiger partial charge in [0.1, 0.15) is 0 Å². The van der Waals surface area contributed by atoms with Gasteiger partial charge in [-0.15, -0.1) is 0 Å². The molecule has 0 aliphatic carbocycles. The van der Waals surface area contributed by atoms with Crippen molar-refractivity contribution in [2.24, 2.45) is 0 Å². The molecule has 1 amide bonds. The first-order valence-corrected chi connectivity index (χ1v) is 5.62. The fraction of sp³-hybridized carbons (Fsp3) is 0.308. The number of hydroxylamine groups is 2. The maximum Gasteiger partial charge on any atom is 0.278 e. The molecule has 0 aliphatic heterocycles. The van der Waals surface area contributed by atoms with E-state index in [0.717, 1.165) is 0 Å².